The van der Waals surface area contributed by atoms with Gasteiger partial charge in [-0.05, 0) is 12.1 Å². The van der Waals surface area contributed by atoms with E-state index >= 15 is 0 Å². The van der Waals surface area contributed by atoms with Crippen molar-refractivity contribution in [3.63, 3.8) is 0 Å². The highest BCUT2D eigenvalue weighted by Gasteiger charge is 2.35. The smallest absolute Gasteiger partial charge is 0.305 e. The summed E-state index contributed by atoms with van der Waals surface area (Å²) < 4.78 is 26.5. The lowest BCUT2D eigenvalue weighted by atomic mass is 10.1. The summed E-state index contributed by atoms with van der Waals surface area (Å²) in [7, 11) is 0. The molecule has 1 aromatic carbocycles. The maximum Gasteiger partial charge on any atom is 0.305 e. The largest absolute Gasteiger partial charge is 0.481 e. The van der Waals surface area contributed by atoms with Gasteiger partial charge in [-0.2, -0.15) is 0 Å². The third-order valence-corrected chi connectivity index (χ3v) is 3.12. The summed E-state index contributed by atoms with van der Waals surface area (Å²) in [4.78, 5) is 35.7. The van der Waals surface area contributed by atoms with Crippen molar-refractivity contribution in [2.75, 3.05) is 13.1 Å². The molecule has 2 N–H and O–H groups in total. The Labute approximate surface area is 118 Å². The van der Waals surface area contributed by atoms with Crippen molar-refractivity contribution in [1.82, 2.24) is 10.2 Å². The Hall–Kier alpha value is -2.51. The number of carbonyl (C=O) groups excluding carboxylic acids is 2. The van der Waals surface area contributed by atoms with E-state index in [9.17, 15) is 23.2 Å². The lowest BCUT2D eigenvalue weighted by Gasteiger charge is -2.34. The number of rotatable bonds is 3. The predicted molar refractivity (Wildman–Crippen MR) is 66.4 cm³/mol. The number of hydrogen-bond acceptors (Lipinski definition) is 3. The molecule has 0 bridgehead atoms. The number of amides is 2. The number of halogens is 2. The van der Waals surface area contributed by atoms with Gasteiger partial charge in [0.1, 0.15) is 17.7 Å². The molecule has 21 heavy (non-hydrogen) atoms. The number of hydrogen-bond donors (Lipinski definition) is 2. The van der Waals surface area contributed by atoms with Crippen LogP contribution in [-0.4, -0.2) is 46.9 Å². The second-order valence-electron chi connectivity index (χ2n) is 4.53. The fraction of sp³-hybridized carbons (Fsp3) is 0.308. The predicted octanol–water partition coefficient (Wildman–Crippen LogP) is 0.380. The number of carboxylic acids is 1. The second-order valence-corrected chi connectivity index (χ2v) is 4.53. The minimum atomic E-state index is -1.26. The Kier molecular flexibility index (Phi) is 4.15. The van der Waals surface area contributed by atoms with Crippen LogP contribution >= 0.6 is 0 Å². The van der Waals surface area contributed by atoms with Crippen LogP contribution in [0.1, 0.15) is 16.8 Å². The second kappa shape index (κ2) is 5.86. The topological polar surface area (TPSA) is 86.7 Å². The van der Waals surface area contributed by atoms with Gasteiger partial charge >= 0.3 is 5.97 Å². The number of benzene rings is 1. The molecular formula is C13H12F2N2O4. The quantitative estimate of drug-likeness (QED) is 0.844. The number of carboxylic acid groups (broad SMARTS) is 1. The molecule has 0 aliphatic carbocycles. The zero-order chi connectivity index (χ0) is 15.6. The molecule has 8 heteroatoms. The van der Waals surface area contributed by atoms with E-state index in [1.54, 1.807) is 0 Å². The van der Waals surface area contributed by atoms with Crippen LogP contribution in [0, 0.1) is 11.6 Å². The van der Waals surface area contributed by atoms with Gasteiger partial charge in [-0.3, -0.25) is 14.4 Å². The van der Waals surface area contributed by atoms with Gasteiger partial charge in [0.05, 0.1) is 12.0 Å². The van der Waals surface area contributed by atoms with Crippen LogP contribution in [0.15, 0.2) is 18.2 Å². The van der Waals surface area contributed by atoms with Crippen LogP contribution in [0.3, 0.4) is 0 Å². The van der Waals surface area contributed by atoms with Crippen LogP contribution < -0.4 is 5.32 Å². The van der Waals surface area contributed by atoms with Crippen molar-refractivity contribution in [2.45, 2.75) is 12.5 Å². The molecule has 1 aliphatic heterocycles. The van der Waals surface area contributed by atoms with Crippen molar-refractivity contribution in [2.24, 2.45) is 0 Å². The molecule has 2 rings (SSSR count). The first kappa shape index (κ1) is 14.9. The maximum absolute atomic E-state index is 13.6. The van der Waals surface area contributed by atoms with Crippen LogP contribution in [0.25, 0.3) is 0 Å². The summed E-state index contributed by atoms with van der Waals surface area (Å²) in [5, 5.41) is 11.3. The van der Waals surface area contributed by atoms with Gasteiger partial charge in [0, 0.05) is 19.2 Å². The van der Waals surface area contributed by atoms with E-state index in [4.69, 9.17) is 5.11 Å². The molecule has 1 fully saturated rings. The fourth-order valence-electron chi connectivity index (χ4n) is 2.14. The number of piperazine rings is 1. The van der Waals surface area contributed by atoms with Crippen LogP contribution in [0.5, 0.6) is 0 Å². The summed E-state index contributed by atoms with van der Waals surface area (Å²) in [6.07, 6.45) is -0.583. The van der Waals surface area contributed by atoms with E-state index in [1.165, 1.54) is 0 Å². The third-order valence-electron chi connectivity index (χ3n) is 3.12. The average molecular weight is 298 g/mol. The number of nitrogens with one attached hydrogen (secondary N) is 1. The minimum absolute atomic E-state index is 0.0549. The molecule has 112 valence electrons. The first-order chi connectivity index (χ1) is 9.90. The summed E-state index contributed by atoms with van der Waals surface area (Å²) in [6, 6.07) is 1.24. The maximum atomic E-state index is 13.6. The SMILES string of the molecule is O=C(O)CC1C(=O)NCCN1C(=O)c1ccc(F)cc1F. The van der Waals surface area contributed by atoms with Gasteiger partial charge in [-0.15, -0.1) is 0 Å². The van der Waals surface area contributed by atoms with Crippen LogP contribution in [-0.2, 0) is 9.59 Å². The molecule has 2 amide bonds. The molecule has 6 nitrogen and oxygen atoms in total. The molecule has 0 spiro atoms. The van der Waals surface area contributed by atoms with Gasteiger partial charge in [-0.25, -0.2) is 8.78 Å². The normalized spacial score (nSPS) is 18.3. The molecule has 1 unspecified atom stereocenters. The van der Waals surface area contributed by atoms with E-state index in [0.29, 0.717) is 6.07 Å². The average Bonchev–Trinajstić information content (AvgIpc) is 2.40. The van der Waals surface area contributed by atoms with Crippen molar-refractivity contribution >= 4 is 17.8 Å². The summed E-state index contributed by atoms with van der Waals surface area (Å²) >= 11 is 0. The summed E-state index contributed by atoms with van der Waals surface area (Å²) in [5.74, 6) is -4.59. The van der Waals surface area contributed by atoms with Gasteiger partial charge in [-0.1, -0.05) is 0 Å². The molecular weight excluding hydrogens is 286 g/mol. The monoisotopic (exact) mass is 298 g/mol. The molecule has 0 radical (unpaired) electrons. The molecule has 0 aromatic heterocycles. The molecule has 1 aromatic rings. The van der Waals surface area contributed by atoms with Crippen molar-refractivity contribution in [3.05, 3.63) is 35.4 Å². The lowest BCUT2D eigenvalue weighted by Crippen LogP contribution is -2.57. The van der Waals surface area contributed by atoms with Crippen LogP contribution in [0.2, 0.25) is 0 Å². The fourth-order valence-corrected chi connectivity index (χ4v) is 2.14. The highest BCUT2D eigenvalue weighted by molar-refractivity contribution is 5.99. The minimum Gasteiger partial charge on any atom is -0.481 e. The first-order valence-corrected chi connectivity index (χ1v) is 6.15. The van der Waals surface area contributed by atoms with E-state index in [-0.39, 0.29) is 13.1 Å². The van der Waals surface area contributed by atoms with E-state index in [1.807, 2.05) is 0 Å². The van der Waals surface area contributed by atoms with Crippen molar-refractivity contribution in [1.29, 1.82) is 0 Å². The first-order valence-electron chi connectivity index (χ1n) is 6.15. The van der Waals surface area contributed by atoms with E-state index in [2.05, 4.69) is 5.32 Å². The zero-order valence-electron chi connectivity index (χ0n) is 10.8. The highest BCUT2D eigenvalue weighted by Crippen LogP contribution is 2.17. The Morgan fingerprint density at radius 3 is 2.71 bits per heavy atom. The van der Waals surface area contributed by atoms with Gasteiger partial charge in [0.2, 0.25) is 5.91 Å². The Balaban J connectivity index is 2.30. The van der Waals surface area contributed by atoms with E-state index in [0.717, 1.165) is 17.0 Å². The summed E-state index contributed by atoms with van der Waals surface area (Å²) in [6.45, 7) is 0.197. The molecule has 1 heterocycles. The zero-order valence-corrected chi connectivity index (χ0v) is 10.8. The van der Waals surface area contributed by atoms with Crippen LogP contribution in [0.4, 0.5) is 8.78 Å². The van der Waals surface area contributed by atoms with Crippen molar-refractivity contribution < 1.29 is 28.3 Å². The number of carbonyl (C=O) groups is 3. The number of nitrogens with zero attached hydrogens (tertiary/aromatic N) is 1. The third kappa shape index (κ3) is 3.15. The number of aliphatic carboxylic acids is 1. The van der Waals surface area contributed by atoms with Crippen molar-refractivity contribution in [3.8, 4) is 0 Å². The molecule has 1 saturated heterocycles. The standard InChI is InChI=1S/C13H12F2N2O4/c14-7-1-2-8(9(15)5-7)13(21)17-4-3-16-12(20)10(17)6-11(18)19/h1-2,5,10H,3-4,6H2,(H,16,20)(H,18,19). The highest BCUT2D eigenvalue weighted by atomic mass is 19.1. The van der Waals surface area contributed by atoms with E-state index < -0.39 is 47.4 Å². The van der Waals surface area contributed by atoms with Gasteiger partial charge in [0.15, 0.2) is 0 Å². The summed E-state index contributed by atoms with van der Waals surface area (Å²) in [5.41, 5.74) is -0.401. The lowest BCUT2D eigenvalue weighted by molar-refractivity contribution is -0.142. The Morgan fingerprint density at radius 1 is 1.38 bits per heavy atom. The van der Waals surface area contributed by atoms with Gasteiger partial charge < -0.3 is 15.3 Å². The van der Waals surface area contributed by atoms with Gasteiger partial charge in [0.25, 0.3) is 5.91 Å². The Bertz CT molecular complexity index is 606. The Morgan fingerprint density at radius 2 is 2.10 bits per heavy atom. The molecule has 1 aliphatic rings. The molecule has 1 atom stereocenters. The molecule has 0 saturated carbocycles.